The average molecular weight is 284 g/mol. The molecule has 0 saturated carbocycles. The molecule has 108 valence electrons. The summed E-state index contributed by atoms with van der Waals surface area (Å²) in [4.78, 5) is 18.3. The molecule has 0 bridgehead atoms. The number of hydrogen-bond donors (Lipinski definition) is 1. The van der Waals surface area contributed by atoms with E-state index in [1.54, 1.807) is 0 Å². The van der Waals surface area contributed by atoms with E-state index in [1.165, 1.54) is 24.2 Å². The molecule has 0 atom stereocenters. The van der Waals surface area contributed by atoms with E-state index in [2.05, 4.69) is 23.7 Å². The predicted octanol–water partition coefficient (Wildman–Crippen LogP) is 3.07. The first-order chi connectivity index (χ1) is 9.12. The van der Waals surface area contributed by atoms with Crippen LogP contribution in [0, 0.1) is 0 Å². The summed E-state index contributed by atoms with van der Waals surface area (Å²) in [7, 11) is 0. The molecule has 0 aliphatic heterocycles. The Kier molecular flexibility index (Phi) is 7.02. The van der Waals surface area contributed by atoms with Crippen LogP contribution in [-0.2, 0) is 12.8 Å². The Labute approximate surface area is 119 Å². The molecular weight excluding hydrogens is 260 g/mol. The molecule has 1 N–H and O–H groups in total. The van der Waals surface area contributed by atoms with Gasteiger partial charge in [0.25, 0.3) is 0 Å². The number of unbranched alkanes of at least 4 members (excludes halogenated alkanes) is 1. The lowest BCUT2D eigenvalue weighted by Gasteiger charge is -2.19. The molecule has 0 unspecified atom stereocenters. The van der Waals surface area contributed by atoms with E-state index in [0.29, 0.717) is 11.3 Å². The fourth-order valence-electron chi connectivity index (χ4n) is 1.98. The van der Waals surface area contributed by atoms with Gasteiger partial charge in [-0.15, -0.1) is 11.3 Å². The number of carboxylic acid groups (broad SMARTS) is 1. The molecule has 0 spiro atoms. The smallest absolute Gasteiger partial charge is 0.347 e. The zero-order valence-corrected chi connectivity index (χ0v) is 12.9. The topological polar surface area (TPSA) is 53.4 Å². The predicted molar refractivity (Wildman–Crippen MR) is 79.2 cm³/mol. The van der Waals surface area contributed by atoms with Crippen molar-refractivity contribution >= 4 is 17.3 Å². The number of aryl methyl sites for hydroxylation is 1. The summed E-state index contributed by atoms with van der Waals surface area (Å²) >= 11 is 1.33. The average Bonchev–Trinajstić information content (AvgIpc) is 2.82. The van der Waals surface area contributed by atoms with Crippen LogP contribution in [0.4, 0.5) is 0 Å². The number of thiazole rings is 1. The highest BCUT2D eigenvalue weighted by atomic mass is 32.1. The Bertz CT molecular complexity index is 404. The lowest BCUT2D eigenvalue weighted by molar-refractivity contribution is 0.0701. The standard InChI is InChI=1S/C14H24N2O2S/c1-4-7-9-16(6-3)10-8-12-15-11(5-2)13(19-12)14(17)18/h4-10H2,1-3H3,(H,17,18). The normalized spacial score (nSPS) is 11.2. The molecule has 0 aromatic carbocycles. The van der Waals surface area contributed by atoms with Gasteiger partial charge in [-0.05, 0) is 25.9 Å². The quantitative estimate of drug-likeness (QED) is 0.757. The number of hydrogen-bond acceptors (Lipinski definition) is 4. The molecular formula is C14H24N2O2S. The van der Waals surface area contributed by atoms with Crippen molar-refractivity contribution in [3.05, 3.63) is 15.6 Å². The summed E-state index contributed by atoms with van der Waals surface area (Å²) in [6.45, 7) is 9.43. The molecule has 1 aromatic heterocycles. The van der Waals surface area contributed by atoms with Crippen molar-refractivity contribution in [1.29, 1.82) is 0 Å². The SMILES string of the molecule is CCCCN(CC)CCc1nc(CC)c(C(=O)O)s1. The monoisotopic (exact) mass is 284 g/mol. The largest absolute Gasteiger partial charge is 0.477 e. The summed E-state index contributed by atoms with van der Waals surface area (Å²) in [5.74, 6) is -0.848. The van der Waals surface area contributed by atoms with Crippen LogP contribution in [0.3, 0.4) is 0 Å². The number of likely N-dealkylation sites (N-methyl/N-ethyl adjacent to an activating group) is 1. The molecule has 0 aliphatic rings. The molecule has 0 aliphatic carbocycles. The Morgan fingerprint density at radius 1 is 1.32 bits per heavy atom. The van der Waals surface area contributed by atoms with Crippen molar-refractivity contribution in [3.8, 4) is 0 Å². The fourth-order valence-corrected chi connectivity index (χ4v) is 2.96. The summed E-state index contributed by atoms with van der Waals surface area (Å²) in [5, 5.41) is 10.1. The molecule has 5 heteroatoms. The van der Waals surface area contributed by atoms with E-state index >= 15 is 0 Å². The summed E-state index contributed by atoms with van der Waals surface area (Å²) in [6.07, 6.45) is 3.96. The van der Waals surface area contributed by atoms with Gasteiger partial charge in [-0.2, -0.15) is 0 Å². The first-order valence-electron chi connectivity index (χ1n) is 7.06. The van der Waals surface area contributed by atoms with E-state index in [-0.39, 0.29) is 0 Å². The van der Waals surface area contributed by atoms with Gasteiger partial charge in [-0.3, -0.25) is 0 Å². The van der Waals surface area contributed by atoms with Crippen LogP contribution in [0.2, 0.25) is 0 Å². The van der Waals surface area contributed by atoms with Gasteiger partial charge in [0.05, 0.1) is 10.7 Å². The number of aromatic nitrogens is 1. The molecule has 0 saturated heterocycles. The minimum absolute atomic E-state index is 0.411. The lowest BCUT2D eigenvalue weighted by atomic mass is 10.3. The number of carbonyl (C=O) groups is 1. The first-order valence-corrected chi connectivity index (χ1v) is 7.88. The van der Waals surface area contributed by atoms with Crippen LogP contribution in [-0.4, -0.2) is 40.6 Å². The minimum atomic E-state index is -0.848. The van der Waals surface area contributed by atoms with Gasteiger partial charge in [0.15, 0.2) is 0 Å². The number of aromatic carboxylic acids is 1. The van der Waals surface area contributed by atoms with Crippen molar-refractivity contribution in [2.45, 2.75) is 46.5 Å². The van der Waals surface area contributed by atoms with E-state index in [4.69, 9.17) is 5.11 Å². The molecule has 1 aromatic rings. The van der Waals surface area contributed by atoms with Crippen LogP contribution < -0.4 is 0 Å². The highest BCUT2D eigenvalue weighted by Crippen LogP contribution is 2.20. The van der Waals surface area contributed by atoms with Gasteiger partial charge in [0.1, 0.15) is 4.88 Å². The second kappa shape index (κ2) is 8.27. The Hall–Kier alpha value is -0.940. The lowest BCUT2D eigenvalue weighted by Crippen LogP contribution is -2.26. The van der Waals surface area contributed by atoms with Crippen LogP contribution in [0.15, 0.2) is 0 Å². The van der Waals surface area contributed by atoms with Gasteiger partial charge in [0.2, 0.25) is 0 Å². The van der Waals surface area contributed by atoms with E-state index in [1.807, 2.05) is 6.92 Å². The highest BCUT2D eigenvalue weighted by Gasteiger charge is 2.16. The van der Waals surface area contributed by atoms with E-state index in [0.717, 1.165) is 36.8 Å². The van der Waals surface area contributed by atoms with Crippen molar-refractivity contribution < 1.29 is 9.90 Å². The van der Waals surface area contributed by atoms with Crippen LogP contribution in [0.5, 0.6) is 0 Å². The van der Waals surface area contributed by atoms with Crippen molar-refractivity contribution in [2.24, 2.45) is 0 Å². The van der Waals surface area contributed by atoms with E-state index < -0.39 is 5.97 Å². The van der Waals surface area contributed by atoms with Crippen LogP contribution in [0.1, 0.15) is 54.0 Å². The number of nitrogens with zero attached hydrogens (tertiary/aromatic N) is 2. The summed E-state index contributed by atoms with van der Waals surface area (Å²) < 4.78 is 0. The van der Waals surface area contributed by atoms with Gasteiger partial charge in [-0.1, -0.05) is 27.2 Å². The third-order valence-corrected chi connectivity index (χ3v) is 4.33. The fraction of sp³-hybridized carbons (Fsp3) is 0.714. The summed E-state index contributed by atoms with van der Waals surface area (Å²) in [5.41, 5.74) is 0.726. The maximum absolute atomic E-state index is 11.1. The zero-order valence-electron chi connectivity index (χ0n) is 12.1. The van der Waals surface area contributed by atoms with Gasteiger partial charge < -0.3 is 10.0 Å². The Morgan fingerprint density at radius 3 is 2.53 bits per heavy atom. The molecule has 19 heavy (non-hydrogen) atoms. The minimum Gasteiger partial charge on any atom is -0.477 e. The first kappa shape index (κ1) is 16.1. The third kappa shape index (κ3) is 4.91. The maximum atomic E-state index is 11.1. The zero-order chi connectivity index (χ0) is 14.3. The van der Waals surface area contributed by atoms with Crippen molar-refractivity contribution in [1.82, 2.24) is 9.88 Å². The van der Waals surface area contributed by atoms with Gasteiger partial charge in [-0.25, -0.2) is 9.78 Å². The number of carboxylic acids is 1. The molecule has 0 amide bonds. The second-order valence-electron chi connectivity index (χ2n) is 4.58. The van der Waals surface area contributed by atoms with Crippen molar-refractivity contribution in [2.75, 3.05) is 19.6 Å². The number of rotatable bonds is 9. The van der Waals surface area contributed by atoms with E-state index in [9.17, 15) is 4.79 Å². The summed E-state index contributed by atoms with van der Waals surface area (Å²) in [6, 6.07) is 0. The second-order valence-corrected chi connectivity index (χ2v) is 5.66. The van der Waals surface area contributed by atoms with Gasteiger partial charge in [0, 0.05) is 13.0 Å². The molecule has 1 heterocycles. The van der Waals surface area contributed by atoms with Crippen molar-refractivity contribution in [3.63, 3.8) is 0 Å². The Balaban J connectivity index is 2.59. The van der Waals surface area contributed by atoms with Crippen LogP contribution in [0.25, 0.3) is 0 Å². The Morgan fingerprint density at radius 2 is 2.05 bits per heavy atom. The molecule has 1 rings (SSSR count). The molecule has 0 radical (unpaired) electrons. The highest BCUT2D eigenvalue weighted by molar-refractivity contribution is 7.13. The molecule has 4 nitrogen and oxygen atoms in total. The maximum Gasteiger partial charge on any atom is 0.347 e. The third-order valence-electron chi connectivity index (χ3n) is 3.19. The van der Waals surface area contributed by atoms with Gasteiger partial charge >= 0.3 is 5.97 Å². The molecule has 0 fully saturated rings. The van der Waals surface area contributed by atoms with Crippen LogP contribution >= 0.6 is 11.3 Å².